The van der Waals surface area contributed by atoms with Gasteiger partial charge in [0.05, 0.1) is 18.0 Å². The molecule has 8 heteroatoms. The van der Waals surface area contributed by atoms with Crippen molar-refractivity contribution in [2.75, 3.05) is 6.54 Å². The Labute approximate surface area is 106 Å². The molecule has 1 atom stereocenters. The largest absolute Gasteiger partial charge is 0.396 e. The molecule has 1 heterocycles. The number of alkyl halides is 3. The smallest absolute Gasteiger partial charge is 0.368 e. The number of carbonyl (C=O) groups is 2. The number of carbonyl (C=O) groups excluding carboxylic acids is 2. The quantitative estimate of drug-likeness (QED) is 0.776. The predicted octanol–water partition coefficient (Wildman–Crippen LogP) is 0.310. The summed E-state index contributed by atoms with van der Waals surface area (Å²) in [5.74, 6) is -3.21. The lowest BCUT2D eigenvalue weighted by Crippen LogP contribution is -2.47. The van der Waals surface area contributed by atoms with Gasteiger partial charge in [-0.25, -0.2) is 0 Å². The van der Waals surface area contributed by atoms with Crippen LogP contribution in [0.1, 0.15) is 12.8 Å². The van der Waals surface area contributed by atoms with E-state index < -0.39 is 36.0 Å². The van der Waals surface area contributed by atoms with Crippen LogP contribution in [0.15, 0.2) is 16.6 Å². The van der Waals surface area contributed by atoms with Crippen LogP contribution in [-0.2, 0) is 9.59 Å². The molecule has 104 valence electrons. The van der Waals surface area contributed by atoms with E-state index in [1.807, 2.05) is 0 Å². The van der Waals surface area contributed by atoms with Crippen LogP contribution in [-0.4, -0.2) is 36.3 Å². The number of nitrogens with zero attached hydrogens (tertiary/aromatic N) is 1. The van der Waals surface area contributed by atoms with E-state index in [1.165, 1.54) is 0 Å². The van der Waals surface area contributed by atoms with Crippen LogP contribution in [0.2, 0.25) is 0 Å². The average Bonchev–Trinajstić information content (AvgIpc) is 3.09. The molecule has 1 aliphatic carbocycles. The number of nitrogens with two attached hydrogens (primary N) is 1. The topological polar surface area (TPSA) is 84.5 Å². The number of primary amides is 1. The lowest BCUT2D eigenvalue weighted by atomic mass is 10.0. The van der Waals surface area contributed by atoms with Gasteiger partial charge in [0.1, 0.15) is 5.54 Å². The monoisotopic (exact) mass is 275 g/mol. The summed E-state index contributed by atoms with van der Waals surface area (Å²) in [6, 6.07) is 0. The molecule has 0 saturated heterocycles. The molecule has 0 aromatic rings. The van der Waals surface area contributed by atoms with E-state index in [4.69, 9.17) is 5.73 Å². The summed E-state index contributed by atoms with van der Waals surface area (Å²) in [4.78, 5) is 26.4. The molecule has 0 aromatic heterocycles. The highest BCUT2D eigenvalue weighted by atomic mass is 19.4. The van der Waals surface area contributed by atoms with Gasteiger partial charge in [-0.3, -0.25) is 14.6 Å². The summed E-state index contributed by atoms with van der Waals surface area (Å²) in [5.41, 5.74) is 3.83. The second kappa shape index (κ2) is 4.36. The number of aliphatic imine (C=N–C) groups is 1. The van der Waals surface area contributed by atoms with Crippen molar-refractivity contribution in [2.24, 2.45) is 16.6 Å². The molecule has 1 unspecified atom stereocenters. The fraction of sp³-hybridized carbons (Fsp3) is 0.545. The Balaban J connectivity index is 2.09. The van der Waals surface area contributed by atoms with E-state index in [2.05, 4.69) is 10.3 Å². The fourth-order valence-electron chi connectivity index (χ4n) is 1.76. The Hall–Kier alpha value is -1.86. The van der Waals surface area contributed by atoms with Crippen molar-refractivity contribution in [3.05, 3.63) is 11.6 Å². The number of rotatable bonds is 3. The first-order valence-corrected chi connectivity index (χ1v) is 5.65. The molecule has 5 nitrogen and oxygen atoms in total. The van der Waals surface area contributed by atoms with Gasteiger partial charge in [0.25, 0.3) is 5.91 Å². The number of dihydropyridines is 1. The molecule has 2 amide bonds. The maximum Gasteiger partial charge on any atom is 0.396 e. The van der Waals surface area contributed by atoms with Crippen LogP contribution in [0, 0.1) is 5.92 Å². The van der Waals surface area contributed by atoms with Crippen molar-refractivity contribution in [3.8, 4) is 0 Å². The summed E-state index contributed by atoms with van der Waals surface area (Å²) in [6.07, 6.45) is -1.74. The van der Waals surface area contributed by atoms with Gasteiger partial charge in [-0.05, 0) is 12.8 Å². The Kier molecular flexibility index (Phi) is 3.11. The Bertz CT molecular complexity index is 478. The minimum absolute atomic E-state index is 0.193. The molecule has 1 saturated carbocycles. The van der Waals surface area contributed by atoms with E-state index >= 15 is 0 Å². The van der Waals surface area contributed by atoms with Gasteiger partial charge in [0, 0.05) is 6.21 Å². The molecule has 0 aromatic carbocycles. The highest BCUT2D eigenvalue weighted by Crippen LogP contribution is 2.35. The molecule has 0 radical (unpaired) electrons. The lowest BCUT2D eigenvalue weighted by molar-refractivity contribution is -0.158. The van der Waals surface area contributed by atoms with Crippen molar-refractivity contribution in [3.63, 3.8) is 0 Å². The highest BCUT2D eigenvalue weighted by Gasteiger charge is 2.50. The van der Waals surface area contributed by atoms with Gasteiger partial charge < -0.3 is 11.1 Å². The van der Waals surface area contributed by atoms with Crippen LogP contribution in [0.5, 0.6) is 0 Å². The molecule has 3 N–H and O–H groups in total. The van der Waals surface area contributed by atoms with Crippen LogP contribution in [0.3, 0.4) is 0 Å². The highest BCUT2D eigenvalue weighted by molar-refractivity contribution is 6.14. The van der Waals surface area contributed by atoms with Crippen molar-refractivity contribution in [1.82, 2.24) is 5.32 Å². The number of hydrogen-bond donors (Lipinski definition) is 2. The number of amides is 2. The first kappa shape index (κ1) is 13.6. The summed E-state index contributed by atoms with van der Waals surface area (Å²) in [6.45, 7) is -0.429. The summed E-state index contributed by atoms with van der Waals surface area (Å²) in [7, 11) is 0. The first-order chi connectivity index (χ1) is 8.74. The second-order valence-corrected chi connectivity index (χ2v) is 4.66. The molecular weight excluding hydrogens is 263 g/mol. The molecule has 0 spiro atoms. The molecule has 1 fully saturated rings. The second-order valence-electron chi connectivity index (χ2n) is 4.66. The van der Waals surface area contributed by atoms with E-state index in [0.717, 1.165) is 12.3 Å². The average molecular weight is 275 g/mol. The van der Waals surface area contributed by atoms with Gasteiger partial charge in [0.2, 0.25) is 5.91 Å². The minimum atomic E-state index is -4.44. The third-order valence-electron chi connectivity index (χ3n) is 3.17. The Morgan fingerprint density at radius 2 is 2.05 bits per heavy atom. The van der Waals surface area contributed by atoms with E-state index in [0.29, 0.717) is 12.8 Å². The predicted molar refractivity (Wildman–Crippen MR) is 60.3 cm³/mol. The number of hydrogen-bond acceptors (Lipinski definition) is 3. The van der Waals surface area contributed by atoms with Crippen molar-refractivity contribution >= 4 is 18.0 Å². The molecule has 2 aliphatic rings. The zero-order chi connectivity index (χ0) is 14.3. The zero-order valence-electron chi connectivity index (χ0n) is 9.83. The third kappa shape index (κ3) is 2.77. The molecule has 0 bridgehead atoms. The van der Waals surface area contributed by atoms with E-state index in [1.54, 1.807) is 0 Å². The first-order valence-electron chi connectivity index (χ1n) is 5.65. The Morgan fingerprint density at radius 1 is 1.42 bits per heavy atom. The van der Waals surface area contributed by atoms with Crippen molar-refractivity contribution in [1.29, 1.82) is 0 Å². The van der Waals surface area contributed by atoms with Crippen LogP contribution < -0.4 is 11.1 Å². The lowest BCUT2D eigenvalue weighted by Gasteiger charge is -2.20. The van der Waals surface area contributed by atoms with Crippen LogP contribution >= 0.6 is 0 Å². The molecule has 2 rings (SSSR count). The summed E-state index contributed by atoms with van der Waals surface area (Å²) in [5, 5.41) is 2.37. The van der Waals surface area contributed by atoms with Gasteiger partial charge in [-0.2, -0.15) is 13.2 Å². The van der Waals surface area contributed by atoms with E-state index in [9.17, 15) is 22.8 Å². The normalized spacial score (nSPS) is 24.6. The molecular formula is C11H12F3N3O2. The summed E-state index contributed by atoms with van der Waals surface area (Å²) < 4.78 is 37.6. The maximum absolute atomic E-state index is 12.5. The Morgan fingerprint density at radius 3 is 2.53 bits per heavy atom. The van der Waals surface area contributed by atoms with Crippen molar-refractivity contribution in [2.45, 2.75) is 24.6 Å². The van der Waals surface area contributed by atoms with Crippen LogP contribution in [0.4, 0.5) is 13.2 Å². The number of halogens is 3. The van der Waals surface area contributed by atoms with Gasteiger partial charge in [-0.1, -0.05) is 6.08 Å². The fourth-order valence-corrected chi connectivity index (χ4v) is 1.76. The maximum atomic E-state index is 12.5. The zero-order valence-corrected chi connectivity index (χ0v) is 9.83. The standard InChI is InChI=1S/C11H12F3N3O2/c12-11(13,14)7-3-6(4-16-5-7)8(18)17-10(1-2-10)9(15)19/h3-4,7H,1-2,5H2,(H2,15,19)(H,17,18). The SMILES string of the molecule is NC(=O)C1(NC(=O)C2=CC(C(F)(F)F)CN=C2)CC1. The van der Waals surface area contributed by atoms with Crippen LogP contribution in [0.25, 0.3) is 0 Å². The van der Waals surface area contributed by atoms with Gasteiger partial charge in [-0.15, -0.1) is 0 Å². The van der Waals surface area contributed by atoms with Gasteiger partial charge in [0.15, 0.2) is 0 Å². The number of nitrogens with one attached hydrogen (secondary N) is 1. The summed E-state index contributed by atoms with van der Waals surface area (Å²) >= 11 is 0. The minimum Gasteiger partial charge on any atom is -0.368 e. The molecule has 19 heavy (non-hydrogen) atoms. The van der Waals surface area contributed by atoms with Crippen molar-refractivity contribution < 1.29 is 22.8 Å². The van der Waals surface area contributed by atoms with Gasteiger partial charge >= 0.3 is 6.18 Å². The van der Waals surface area contributed by atoms with E-state index in [-0.39, 0.29) is 5.57 Å². The molecule has 1 aliphatic heterocycles. The third-order valence-corrected chi connectivity index (χ3v) is 3.17.